The molecule has 1 aromatic heterocycles. The Kier molecular flexibility index (Phi) is 2.00. The fraction of sp³-hybridized carbons (Fsp3) is 0.182. The van der Waals surface area contributed by atoms with Gasteiger partial charge in [0.1, 0.15) is 11.6 Å². The average Bonchev–Trinajstić information content (AvgIpc) is 2.18. The fourth-order valence-corrected chi connectivity index (χ4v) is 1.59. The van der Waals surface area contributed by atoms with Gasteiger partial charge in [-0.05, 0) is 35.6 Å². The highest BCUT2D eigenvalue weighted by Gasteiger charge is 2.04. The van der Waals surface area contributed by atoms with Crippen LogP contribution < -0.4 is 5.73 Å². The summed E-state index contributed by atoms with van der Waals surface area (Å²) >= 11 is 0. The number of benzene rings is 1. The van der Waals surface area contributed by atoms with E-state index in [1.807, 2.05) is 0 Å². The van der Waals surface area contributed by atoms with Crippen LogP contribution in [0.25, 0.3) is 10.8 Å². The standard InChI is InChI=1S/C11H12N2O/c1-2-7-6-13-11(12)9-4-3-8(14)5-10(7)9/h3-6,14H,2H2,1H3,(H2,12,13). The molecule has 0 atom stereocenters. The van der Waals surface area contributed by atoms with E-state index in [2.05, 4.69) is 11.9 Å². The number of pyridine rings is 1. The van der Waals surface area contributed by atoms with Crippen LogP contribution in [0.1, 0.15) is 12.5 Å². The van der Waals surface area contributed by atoms with Crippen molar-refractivity contribution in [2.45, 2.75) is 13.3 Å². The summed E-state index contributed by atoms with van der Waals surface area (Å²) in [5.41, 5.74) is 6.84. The molecule has 0 aliphatic rings. The number of rotatable bonds is 1. The zero-order valence-electron chi connectivity index (χ0n) is 7.99. The number of nitrogens with two attached hydrogens (primary N) is 1. The second-order valence-electron chi connectivity index (χ2n) is 3.25. The van der Waals surface area contributed by atoms with Crippen LogP contribution in [0.4, 0.5) is 5.82 Å². The number of aryl methyl sites for hydroxylation is 1. The molecule has 14 heavy (non-hydrogen) atoms. The van der Waals surface area contributed by atoms with Crippen molar-refractivity contribution in [2.75, 3.05) is 5.73 Å². The number of anilines is 1. The molecule has 0 bridgehead atoms. The summed E-state index contributed by atoms with van der Waals surface area (Å²) in [4.78, 5) is 4.10. The van der Waals surface area contributed by atoms with E-state index in [-0.39, 0.29) is 5.75 Å². The average molecular weight is 188 g/mol. The molecule has 2 aromatic rings. The molecule has 72 valence electrons. The van der Waals surface area contributed by atoms with E-state index in [1.54, 1.807) is 24.4 Å². The van der Waals surface area contributed by atoms with Crippen LogP contribution in [-0.4, -0.2) is 10.1 Å². The number of aromatic hydroxyl groups is 1. The SMILES string of the molecule is CCc1cnc(N)c2ccc(O)cc12. The molecule has 1 heterocycles. The maximum absolute atomic E-state index is 9.38. The number of fused-ring (bicyclic) bond motifs is 1. The number of hydrogen-bond acceptors (Lipinski definition) is 3. The predicted octanol–water partition coefficient (Wildman–Crippen LogP) is 2.08. The van der Waals surface area contributed by atoms with Gasteiger partial charge in [0.05, 0.1) is 0 Å². The lowest BCUT2D eigenvalue weighted by molar-refractivity contribution is 0.476. The Balaban J connectivity index is 2.85. The summed E-state index contributed by atoms with van der Waals surface area (Å²) in [5.74, 6) is 0.773. The molecule has 0 fully saturated rings. The highest BCUT2D eigenvalue weighted by molar-refractivity contribution is 5.94. The van der Waals surface area contributed by atoms with Gasteiger partial charge < -0.3 is 10.8 Å². The summed E-state index contributed by atoms with van der Waals surface area (Å²) in [6, 6.07) is 5.15. The van der Waals surface area contributed by atoms with Crippen molar-refractivity contribution >= 4 is 16.6 Å². The molecule has 3 N–H and O–H groups in total. The Morgan fingerprint density at radius 3 is 2.86 bits per heavy atom. The first-order chi connectivity index (χ1) is 6.72. The molecule has 3 heteroatoms. The van der Waals surface area contributed by atoms with Gasteiger partial charge in [-0.15, -0.1) is 0 Å². The normalized spacial score (nSPS) is 10.6. The van der Waals surface area contributed by atoms with Gasteiger partial charge in [0.2, 0.25) is 0 Å². The predicted molar refractivity (Wildman–Crippen MR) is 57.2 cm³/mol. The van der Waals surface area contributed by atoms with E-state index >= 15 is 0 Å². The van der Waals surface area contributed by atoms with Gasteiger partial charge in [0.15, 0.2) is 0 Å². The smallest absolute Gasteiger partial charge is 0.131 e. The van der Waals surface area contributed by atoms with Crippen LogP contribution in [0.15, 0.2) is 24.4 Å². The number of phenolic OH excluding ortho intramolecular Hbond substituents is 1. The minimum absolute atomic E-state index is 0.262. The minimum Gasteiger partial charge on any atom is -0.508 e. The van der Waals surface area contributed by atoms with Crippen LogP contribution in [-0.2, 0) is 6.42 Å². The van der Waals surface area contributed by atoms with Crippen molar-refractivity contribution in [3.05, 3.63) is 30.0 Å². The van der Waals surface area contributed by atoms with Crippen molar-refractivity contribution in [2.24, 2.45) is 0 Å². The molecule has 1 aromatic carbocycles. The molecule has 0 saturated carbocycles. The van der Waals surface area contributed by atoms with E-state index in [1.165, 1.54) is 0 Å². The zero-order valence-corrected chi connectivity index (χ0v) is 7.99. The van der Waals surface area contributed by atoms with Crippen LogP contribution in [0.3, 0.4) is 0 Å². The molecule has 0 unspecified atom stereocenters. The van der Waals surface area contributed by atoms with E-state index in [0.29, 0.717) is 5.82 Å². The van der Waals surface area contributed by atoms with Gasteiger partial charge in [-0.25, -0.2) is 4.98 Å². The molecular weight excluding hydrogens is 176 g/mol. The fourth-order valence-electron chi connectivity index (χ4n) is 1.59. The lowest BCUT2D eigenvalue weighted by Gasteiger charge is -2.06. The van der Waals surface area contributed by atoms with Crippen molar-refractivity contribution in [3.8, 4) is 5.75 Å². The molecule has 0 saturated heterocycles. The maximum atomic E-state index is 9.38. The number of nitrogens with zero attached hydrogens (tertiary/aromatic N) is 1. The highest BCUT2D eigenvalue weighted by atomic mass is 16.3. The molecule has 2 rings (SSSR count). The molecule has 0 radical (unpaired) electrons. The second-order valence-corrected chi connectivity index (χ2v) is 3.25. The molecule has 3 nitrogen and oxygen atoms in total. The third kappa shape index (κ3) is 1.27. The Morgan fingerprint density at radius 2 is 2.14 bits per heavy atom. The largest absolute Gasteiger partial charge is 0.508 e. The number of aromatic nitrogens is 1. The quantitative estimate of drug-likeness (QED) is 0.720. The lowest BCUT2D eigenvalue weighted by atomic mass is 10.1. The summed E-state index contributed by atoms with van der Waals surface area (Å²) < 4.78 is 0. The van der Waals surface area contributed by atoms with Gasteiger partial charge in [-0.2, -0.15) is 0 Å². The molecular formula is C11H12N2O. The molecule has 0 amide bonds. The van der Waals surface area contributed by atoms with Gasteiger partial charge >= 0.3 is 0 Å². The number of hydrogen-bond donors (Lipinski definition) is 2. The monoisotopic (exact) mass is 188 g/mol. The third-order valence-electron chi connectivity index (χ3n) is 2.37. The summed E-state index contributed by atoms with van der Waals surface area (Å²) in [5, 5.41) is 11.3. The van der Waals surface area contributed by atoms with Gasteiger partial charge in [0, 0.05) is 11.6 Å². The Morgan fingerprint density at radius 1 is 1.36 bits per heavy atom. The zero-order chi connectivity index (χ0) is 10.1. The van der Waals surface area contributed by atoms with Crippen molar-refractivity contribution in [1.29, 1.82) is 0 Å². The molecule has 0 aliphatic heterocycles. The lowest BCUT2D eigenvalue weighted by Crippen LogP contribution is -1.94. The van der Waals surface area contributed by atoms with Gasteiger partial charge in [-0.1, -0.05) is 6.92 Å². The Bertz CT molecular complexity index is 480. The topological polar surface area (TPSA) is 59.1 Å². The first kappa shape index (κ1) is 8.81. The highest BCUT2D eigenvalue weighted by Crippen LogP contribution is 2.26. The summed E-state index contributed by atoms with van der Waals surface area (Å²) in [7, 11) is 0. The Labute approximate surface area is 82.2 Å². The van der Waals surface area contributed by atoms with Gasteiger partial charge in [0.25, 0.3) is 0 Å². The number of phenols is 1. The summed E-state index contributed by atoms with van der Waals surface area (Å²) in [6.07, 6.45) is 2.64. The van der Waals surface area contributed by atoms with E-state index in [4.69, 9.17) is 5.73 Å². The second kappa shape index (κ2) is 3.18. The van der Waals surface area contributed by atoms with Crippen LogP contribution >= 0.6 is 0 Å². The van der Waals surface area contributed by atoms with E-state index in [9.17, 15) is 5.11 Å². The van der Waals surface area contributed by atoms with Gasteiger partial charge in [-0.3, -0.25) is 0 Å². The first-order valence-electron chi connectivity index (χ1n) is 4.58. The number of nitrogen functional groups attached to an aromatic ring is 1. The maximum Gasteiger partial charge on any atom is 0.131 e. The van der Waals surface area contributed by atoms with Crippen LogP contribution in [0.5, 0.6) is 5.75 Å². The minimum atomic E-state index is 0.262. The van der Waals surface area contributed by atoms with Crippen LogP contribution in [0, 0.1) is 0 Å². The van der Waals surface area contributed by atoms with Crippen molar-refractivity contribution in [3.63, 3.8) is 0 Å². The molecule has 0 spiro atoms. The van der Waals surface area contributed by atoms with Crippen molar-refractivity contribution in [1.82, 2.24) is 4.98 Å². The third-order valence-corrected chi connectivity index (χ3v) is 2.37. The van der Waals surface area contributed by atoms with Crippen molar-refractivity contribution < 1.29 is 5.11 Å². The van der Waals surface area contributed by atoms with Crippen LogP contribution in [0.2, 0.25) is 0 Å². The Hall–Kier alpha value is -1.77. The summed E-state index contributed by atoms with van der Waals surface area (Å²) in [6.45, 7) is 2.05. The molecule has 0 aliphatic carbocycles. The van der Waals surface area contributed by atoms with E-state index in [0.717, 1.165) is 22.8 Å². The van der Waals surface area contributed by atoms with E-state index < -0.39 is 0 Å². The first-order valence-corrected chi connectivity index (χ1v) is 4.58.